The smallest absolute Gasteiger partial charge is 0.231 e. The molecule has 3 aromatic rings. The van der Waals surface area contributed by atoms with Gasteiger partial charge in [-0.2, -0.15) is 0 Å². The molecule has 1 amide bonds. The van der Waals surface area contributed by atoms with Gasteiger partial charge >= 0.3 is 0 Å². The first-order chi connectivity index (χ1) is 11.2. The Morgan fingerprint density at radius 3 is 2.70 bits per heavy atom. The number of anilines is 1. The Morgan fingerprint density at radius 1 is 1.17 bits per heavy atom. The third-order valence-corrected chi connectivity index (χ3v) is 3.72. The van der Waals surface area contributed by atoms with Crippen molar-refractivity contribution in [3.8, 4) is 0 Å². The molecular formula is C19H16FN2O. The monoisotopic (exact) mass is 307 g/mol. The molecule has 0 unspecified atom stereocenters. The Hall–Kier alpha value is -2.75. The zero-order chi connectivity index (χ0) is 16.2. The maximum Gasteiger partial charge on any atom is 0.231 e. The average molecular weight is 307 g/mol. The van der Waals surface area contributed by atoms with Gasteiger partial charge in [0.05, 0.1) is 23.3 Å². The van der Waals surface area contributed by atoms with E-state index in [1.54, 1.807) is 18.3 Å². The van der Waals surface area contributed by atoms with Crippen molar-refractivity contribution in [3.63, 3.8) is 0 Å². The second-order valence-electron chi connectivity index (χ2n) is 5.30. The van der Waals surface area contributed by atoms with Gasteiger partial charge in [-0.25, -0.2) is 4.39 Å². The highest BCUT2D eigenvalue weighted by atomic mass is 19.1. The van der Waals surface area contributed by atoms with Gasteiger partial charge in [-0.15, -0.1) is 0 Å². The lowest BCUT2D eigenvalue weighted by Gasteiger charge is -2.15. The number of nitrogens with one attached hydrogen (secondary N) is 1. The van der Waals surface area contributed by atoms with Crippen LogP contribution in [0.25, 0.3) is 10.9 Å². The van der Waals surface area contributed by atoms with E-state index in [-0.39, 0.29) is 17.6 Å². The van der Waals surface area contributed by atoms with Crippen LogP contribution in [0.2, 0.25) is 0 Å². The minimum absolute atomic E-state index is 0.149. The van der Waals surface area contributed by atoms with E-state index in [2.05, 4.69) is 17.2 Å². The topological polar surface area (TPSA) is 42.0 Å². The zero-order valence-corrected chi connectivity index (χ0v) is 12.5. The Balaban J connectivity index is 1.84. The predicted molar refractivity (Wildman–Crippen MR) is 89.5 cm³/mol. The summed E-state index contributed by atoms with van der Waals surface area (Å²) in [6.07, 6.45) is 2.02. The van der Waals surface area contributed by atoms with Crippen LogP contribution in [0.15, 0.2) is 60.8 Å². The molecule has 1 radical (unpaired) electrons. The van der Waals surface area contributed by atoms with Crippen molar-refractivity contribution in [2.45, 2.75) is 12.3 Å². The standard InChI is InChI=1S/C19H16FN2O/c1-2-17(13-6-4-3-5-7-13)19(23)22-16-11-14-10-15(20)8-9-18(14)21-12-16/h3-12,17H,1-2H2,(H,22,23)/t17-/m1/s1. The minimum atomic E-state index is -0.334. The zero-order valence-electron chi connectivity index (χ0n) is 12.5. The van der Waals surface area contributed by atoms with Gasteiger partial charge in [0.25, 0.3) is 0 Å². The van der Waals surface area contributed by atoms with Gasteiger partial charge in [-0.1, -0.05) is 37.3 Å². The van der Waals surface area contributed by atoms with Gasteiger partial charge in [0.15, 0.2) is 0 Å². The van der Waals surface area contributed by atoms with Crippen LogP contribution < -0.4 is 5.32 Å². The second kappa shape index (κ2) is 6.57. The van der Waals surface area contributed by atoms with Gasteiger partial charge in [0.2, 0.25) is 5.91 Å². The lowest BCUT2D eigenvalue weighted by atomic mass is 9.95. The molecule has 3 nitrogen and oxygen atoms in total. The maximum absolute atomic E-state index is 13.3. The number of carbonyl (C=O) groups excluding carboxylic acids is 1. The molecule has 2 aromatic carbocycles. The normalized spacial score (nSPS) is 12.1. The molecule has 0 aliphatic heterocycles. The summed E-state index contributed by atoms with van der Waals surface area (Å²) in [5.74, 6) is -0.814. The SMILES string of the molecule is [CH2]C[C@@H](C(=O)Nc1cnc2ccc(F)cc2c1)c1ccccc1. The largest absolute Gasteiger partial charge is 0.324 e. The summed E-state index contributed by atoms with van der Waals surface area (Å²) in [6, 6.07) is 15.6. The first-order valence-corrected chi connectivity index (χ1v) is 7.38. The summed E-state index contributed by atoms with van der Waals surface area (Å²) < 4.78 is 13.3. The van der Waals surface area contributed by atoms with Crippen molar-refractivity contribution in [2.24, 2.45) is 0 Å². The fourth-order valence-electron chi connectivity index (χ4n) is 2.53. The number of hydrogen-bond donors (Lipinski definition) is 1. The molecule has 0 bridgehead atoms. The Morgan fingerprint density at radius 2 is 1.96 bits per heavy atom. The number of halogens is 1. The molecule has 115 valence electrons. The van der Waals surface area contributed by atoms with E-state index >= 15 is 0 Å². The molecule has 1 heterocycles. The highest BCUT2D eigenvalue weighted by Crippen LogP contribution is 2.23. The first kappa shape index (κ1) is 15.2. The van der Waals surface area contributed by atoms with Crippen molar-refractivity contribution in [1.29, 1.82) is 0 Å². The number of nitrogens with zero attached hydrogens (tertiary/aromatic N) is 1. The van der Waals surface area contributed by atoms with E-state index in [0.717, 1.165) is 5.56 Å². The van der Waals surface area contributed by atoms with Crippen LogP contribution in [0, 0.1) is 12.7 Å². The molecule has 0 saturated carbocycles. The summed E-state index contributed by atoms with van der Waals surface area (Å²) in [5.41, 5.74) is 2.14. The molecule has 4 heteroatoms. The van der Waals surface area contributed by atoms with Crippen molar-refractivity contribution < 1.29 is 9.18 Å². The van der Waals surface area contributed by atoms with Crippen LogP contribution in [0.5, 0.6) is 0 Å². The number of rotatable bonds is 4. The number of amides is 1. The van der Waals surface area contributed by atoms with Crippen LogP contribution >= 0.6 is 0 Å². The number of benzene rings is 2. The highest BCUT2D eigenvalue weighted by Gasteiger charge is 2.18. The predicted octanol–water partition coefficient (Wildman–Crippen LogP) is 4.32. The quantitative estimate of drug-likeness (QED) is 0.780. The summed E-state index contributed by atoms with van der Waals surface area (Å²) >= 11 is 0. The fourth-order valence-corrected chi connectivity index (χ4v) is 2.53. The van der Waals surface area contributed by atoms with E-state index < -0.39 is 0 Å². The average Bonchev–Trinajstić information content (AvgIpc) is 2.56. The maximum atomic E-state index is 13.3. The van der Waals surface area contributed by atoms with E-state index in [4.69, 9.17) is 0 Å². The Bertz CT molecular complexity index is 833. The summed E-state index contributed by atoms with van der Waals surface area (Å²) in [7, 11) is 0. The first-order valence-electron chi connectivity index (χ1n) is 7.38. The van der Waals surface area contributed by atoms with E-state index in [9.17, 15) is 9.18 Å². The van der Waals surface area contributed by atoms with E-state index in [1.807, 2.05) is 30.3 Å². The van der Waals surface area contributed by atoms with Crippen LogP contribution in [-0.4, -0.2) is 10.9 Å². The molecule has 0 spiro atoms. The number of carbonyl (C=O) groups is 1. The lowest BCUT2D eigenvalue weighted by molar-refractivity contribution is -0.117. The number of hydrogen-bond acceptors (Lipinski definition) is 2. The molecule has 0 aliphatic carbocycles. The second-order valence-corrected chi connectivity index (χ2v) is 5.30. The molecule has 0 aliphatic rings. The minimum Gasteiger partial charge on any atom is -0.324 e. The highest BCUT2D eigenvalue weighted by molar-refractivity contribution is 5.97. The van der Waals surface area contributed by atoms with Crippen molar-refractivity contribution >= 4 is 22.5 Å². The molecule has 1 atom stereocenters. The number of pyridine rings is 1. The van der Waals surface area contributed by atoms with Crippen molar-refractivity contribution in [1.82, 2.24) is 4.98 Å². The third-order valence-electron chi connectivity index (χ3n) is 3.72. The molecule has 3 rings (SSSR count). The van der Waals surface area contributed by atoms with Gasteiger partial charge in [-0.3, -0.25) is 9.78 Å². The molecule has 1 aromatic heterocycles. The van der Waals surface area contributed by atoms with Crippen LogP contribution in [0.4, 0.5) is 10.1 Å². The van der Waals surface area contributed by atoms with Crippen LogP contribution in [0.1, 0.15) is 17.9 Å². The molecular weight excluding hydrogens is 291 g/mol. The van der Waals surface area contributed by atoms with Gasteiger partial charge in [-0.05, 0) is 36.2 Å². The molecule has 0 saturated heterocycles. The van der Waals surface area contributed by atoms with Gasteiger partial charge in [0.1, 0.15) is 5.82 Å². The van der Waals surface area contributed by atoms with Crippen LogP contribution in [-0.2, 0) is 4.79 Å². The van der Waals surface area contributed by atoms with Crippen LogP contribution in [0.3, 0.4) is 0 Å². The summed E-state index contributed by atoms with van der Waals surface area (Å²) in [4.78, 5) is 16.7. The lowest BCUT2D eigenvalue weighted by Crippen LogP contribution is -2.20. The number of aromatic nitrogens is 1. The fraction of sp³-hybridized carbons (Fsp3) is 0.105. The van der Waals surface area contributed by atoms with Crippen molar-refractivity contribution in [2.75, 3.05) is 5.32 Å². The summed E-state index contributed by atoms with van der Waals surface area (Å²) in [5, 5.41) is 3.49. The Labute approximate surface area is 134 Å². The summed E-state index contributed by atoms with van der Waals surface area (Å²) in [6.45, 7) is 3.86. The van der Waals surface area contributed by atoms with E-state index in [0.29, 0.717) is 23.0 Å². The number of fused-ring (bicyclic) bond motifs is 1. The molecule has 0 fully saturated rings. The third kappa shape index (κ3) is 3.37. The van der Waals surface area contributed by atoms with Crippen molar-refractivity contribution in [3.05, 3.63) is 79.1 Å². The van der Waals surface area contributed by atoms with Gasteiger partial charge < -0.3 is 5.32 Å². The molecule has 1 N–H and O–H groups in total. The van der Waals surface area contributed by atoms with E-state index in [1.165, 1.54) is 12.1 Å². The Kier molecular flexibility index (Phi) is 4.33. The van der Waals surface area contributed by atoms with Gasteiger partial charge in [0, 0.05) is 5.39 Å². The molecule has 23 heavy (non-hydrogen) atoms.